The van der Waals surface area contributed by atoms with Gasteiger partial charge in [-0.3, -0.25) is 0 Å². The Hall–Kier alpha value is -2.34. The summed E-state index contributed by atoms with van der Waals surface area (Å²) in [5.41, 5.74) is 1.27. The second kappa shape index (κ2) is 8.19. The normalized spacial score (nSPS) is 10.5. The predicted molar refractivity (Wildman–Crippen MR) is 84.3 cm³/mol. The molecule has 2 amide bonds. The van der Waals surface area contributed by atoms with Gasteiger partial charge >= 0.3 is 6.03 Å². The van der Waals surface area contributed by atoms with Crippen molar-refractivity contribution in [2.75, 3.05) is 20.2 Å². The van der Waals surface area contributed by atoms with Crippen molar-refractivity contribution in [2.24, 2.45) is 0 Å². The van der Waals surface area contributed by atoms with Gasteiger partial charge in [0.15, 0.2) is 0 Å². The summed E-state index contributed by atoms with van der Waals surface area (Å²) in [7, 11) is 1.65. The number of likely N-dealkylation sites (N-methyl/N-ethyl adjacent to an activating group) is 1. The number of amides is 2. The molecule has 0 spiro atoms. The van der Waals surface area contributed by atoms with Gasteiger partial charge in [0, 0.05) is 32.5 Å². The third kappa shape index (κ3) is 4.60. The molecule has 1 aromatic heterocycles. The molecule has 0 radical (unpaired) electrons. The van der Waals surface area contributed by atoms with E-state index in [-0.39, 0.29) is 12.6 Å². The second-order valence-corrected chi connectivity index (χ2v) is 5.08. The van der Waals surface area contributed by atoms with E-state index in [1.165, 1.54) is 10.5 Å². The molecule has 0 unspecified atom stereocenters. The van der Waals surface area contributed by atoms with E-state index in [9.17, 15) is 4.79 Å². The van der Waals surface area contributed by atoms with E-state index in [2.05, 4.69) is 22.4 Å². The van der Waals surface area contributed by atoms with Gasteiger partial charge in [-0.05, 0) is 12.0 Å². The lowest BCUT2D eigenvalue weighted by Gasteiger charge is -2.16. The lowest BCUT2D eigenvalue weighted by Crippen LogP contribution is -2.38. The molecule has 2 rings (SSSR count). The standard InChI is InChI=1S/C16H22N4O2/c1-19(11-12-21)16(22)18-13-15-17-8-10-20(15)9-7-14-5-3-2-4-6-14/h2-6,8,10,21H,7,9,11-13H2,1H3,(H,18,22). The van der Waals surface area contributed by atoms with Crippen molar-refractivity contribution in [1.82, 2.24) is 19.8 Å². The minimum Gasteiger partial charge on any atom is -0.395 e. The Labute approximate surface area is 130 Å². The summed E-state index contributed by atoms with van der Waals surface area (Å²) in [6.07, 6.45) is 4.58. The van der Waals surface area contributed by atoms with Crippen LogP contribution in [0.25, 0.3) is 0 Å². The number of aryl methyl sites for hydroxylation is 2. The van der Waals surface area contributed by atoms with Crippen LogP contribution in [-0.4, -0.2) is 45.8 Å². The Morgan fingerprint density at radius 1 is 1.36 bits per heavy atom. The van der Waals surface area contributed by atoms with Crippen LogP contribution in [0.2, 0.25) is 0 Å². The van der Waals surface area contributed by atoms with Crippen LogP contribution in [0.1, 0.15) is 11.4 Å². The Balaban J connectivity index is 1.86. The van der Waals surface area contributed by atoms with Crippen LogP contribution >= 0.6 is 0 Å². The zero-order valence-electron chi connectivity index (χ0n) is 12.8. The van der Waals surface area contributed by atoms with Gasteiger partial charge in [0.2, 0.25) is 0 Å². The molecule has 0 aliphatic heterocycles. The van der Waals surface area contributed by atoms with Gasteiger partial charge < -0.3 is 19.9 Å². The molecule has 0 saturated heterocycles. The highest BCUT2D eigenvalue weighted by atomic mass is 16.3. The minimum absolute atomic E-state index is 0.0460. The van der Waals surface area contributed by atoms with Gasteiger partial charge in [-0.15, -0.1) is 0 Å². The monoisotopic (exact) mass is 302 g/mol. The van der Waals surface area contributed by atoms with Crippen molar-refractivity contribution in [2.45, 2.75) is 19.5 Å². The second-order valence-electron chi connectivity index (χ2n) is 5.08. The molecule has 0 fully saturated rings. The van der Waals surface area contributed by atoms with Crippen LogP contribution in [-0.2, 0) is 19.5 Å². The topological polar surface area (TPSA) is 70.4 Å². The first kappa shape index (κ1) is 16.0. The summed E-state index contributed by atoms with van der Waals surface area (Å²) < 4.78 is 2.04. The van der Waals surface area contributed by atoms with Gasteiger partial charge in [0.05, 0.1) is 13.2 Å². The maximum Gasteiger partial charge on any atom is 0.317 e. The molecule has 0 saturated carbocycles. The summed E-state index contributed by atoms with van der Waals surface area (Å²) >= 11 is 0. The van der Waals surface area contributed by atoms with Crippen molar-refractivity contribution >= 4 is 6.03 Å². The Morgan fingerprint density at radius 2 is 2.14 bits per heavy atom. The summed E-state index contributed by atoms with van der Waals surface area (Å²) in [4.78, 5) is 17.5. The molecule has 2 N–H and O–H groups in total. The number of carbonyl (C=O) groups excluding carboxylic acids is 1. The number of benzene rings is 1. The first-order valence-corrected chi connectivity index (χ1v) is 7.34. The molecular formula is C16H22N4O2. The number of aliphatic hydroxyl groups excluding tert-OH is 1. The molecule has 6 nitrogen and oxygen atoms in total. The van der Waals surface area contributed by atoms with Crippen molar-refractivity contribution in [1.29, 1.82) is 0 Å². The molecule has 0 atom stereocenters. The fourth-order valence-electron chi connectivity index (χ4n) is 2.15. The number of aromatic nitrogens is 2. The fourth-order valence-corrected chi connectivity index (χ4v) is 2.15. The summed E-state index contributed by atoms with van der Waals surface area (Å²) in [6, 6.07) is 10.0. The molecule has 1 aromatic carbocycles. The van der Waals surface area contributed by atoms with E-state index >= 15 is 0 Å². The zero-order valence-corrected chi connectivity index (χ0v) is 12.8. The largest absolute Gasteiger partial charge is 0.395 e. The third-order valence-electron chi connectivity index (χ3n) is 3.47. The van der Waals surface area contributed by atoms with E-state index in [0.29, 0.717) is 13.1 Å². The van der Waals surface area contributed by atoms with Gasteiger partial charge in [-0.1, -0.05) is 30.3 Å². The molecule has 0 bridgehead atoms. The maximum atomic E-state index is 11.8. The van der Waals surface area contributed by atoms with Crippen LogP contribution < -0.4 is 5.32 Å². The first-order chi connectivity index (χ1) is 10.7. The molecule has 2 aromatic rings. The molecular weight excluding hydrogens is 280 g/mol. The average molecular weight is 302 g/mol. The maximum absolute atomic E-state index is 11.8. The van der Waals surface area contributed by atoms with Gasteiger partial charge in [0.25, 0.3) is 0 Å². The predicted octanol–water partition coefficient (Wildman–Crippen LogP) is 1.26. The highest BCUT2D eigenvalue weighted by Gasteiger charge is 2.09. The Morgan fingerprint density at radius 3 is 2.86 bits per heavy atom. The molecule has 22 heavy (non-hydrogen) atoms. The van der Waals surface area contributed by atoms with Crippen LogP contribution in [0.4, 0.5) is 4.79 Å². The number of urea groups is 1. The molecule has 0 aliphatic rings. The van der Waals surface area contributed by atoms with Gasteiger partial charge in [0.1, 0.15) is 5.82 Å². The van der Waals surface area contributed by atoms with Crippen LogP contribution in [0.3, 0.4) is 0 Å². The molecule has 6 heteroatoms. The quantitative estimate of drug-likeness (QED) is 0.809. The van der Waals surface area contributed by atoms with E-state index in [0.717, 1.165) is 18.8 Å². The highest BCUT2D eigenvalue weighted by molar-refractivity contribution is 5.73. The van der Waals surface area contributed by atoms with Gasteiger partial charge in [-0.2, -0.15) is 0 Å². The minimum atomic E-state index is -0.216. The molecule has 0 aliphatic carbocycles. The number of imidazole rings is 1. The van der Waals surface area contributed by atoms with Gasteiger partial charge in [-0.25, -0.2) is 9.78 Å². The Kier molecular flexibility index (Phi) is 5.97. The van der Waals surface area contributed by atoms with Crippen molar-refractivity contribution in [3.05, 3.63) is 54.1 Å². The SMILES string of the molecule is CN(CCO)C(=O)NCc1nccn1CCc1ccccc1. The van der Waals surface area contributed by atoms with E-state index < -0.39 is 0 Å². The van der Waals surface area contributed by atoms with Crippen molar-refractivity contribution < 1.29 is 9.90 Å². The number of nitrogens with zero attached hydrogens (tertiary/aromatic N) is 3. The number of carbonyl (C=O) groups is 1. The van der Waals surface area contributed by atoms with E-state index in [4.69, 9.17) is 5.11 Å². The third-order valence-corrected chi connectivity index (χ3v) is 3.47. The molecule has 118 valence electrons. The summed E-state index contributed by atoms with van der Waals surface area (Å²) in [5, 5.41) is 11.6. The average Bonchev–Trinajstić information content (AvgIpc) is 2.99. The number of rotatable bonds is 7. The number of nitrogens with one attached hydrogen (secondary N) is 1. The van der Waals surface area contributed by atoms with Crippen molar-refractivity contribution in [3.63, 3.8) is 0 Å². The number of aliphatic hydroxyl groups is 1. The highest BCUT2D eigenvalue weighted by Crippen LogP contribution is 2.04. The zero-order chi connectivity index (χ0) is 15.8. The summed E-state index contributed by atoms with van der Waals surface area (Å²) in [6.45, 7) is 1.46. The summed E-state index contributed by atoms with van der Waals surface area (Å²) in [5.74, 6) is 0.821. The van der Waals surface area contributed by atoms with Crippen LogP contribution in [0.5, 0.6) is 0 Å². The number of hydrogen-bond donors (Lipinski definition) is 2. The lowest BCUT2D eigenvalue weighted by atomic mass is 10.1. The van der Waals surface area contributed by atoms with Crippen molar-refractivity contribution in [3.8, 4) is 0 Å². The fraction of sp³-hybridized carbons (Fsp3) is 0.375. The van der Waals surface area contributed by atoms with Crippen LogP contribution in [0.15, 0.2) is 42.7 Å². The molecule has 1 heterocycles. The smallest absolute Gasteiger partial charge is 0.317 e. The van der Waals surface area contributed by atoms with E-state index in [1.807, 2.05) is 29.0 Å². The lowest BCUT2D eigenvalue weighted by molar-refractivity contribution is 0.190. The Bertz CT molecular complexity index is 583. The first-order valence-electron chi connectivity index (χ1n) is 7.34. The van der Waals surface area contributed by atoms with Crippen LogP contribution in [0, 0.1) is 0 Å². The van der Waals surface area contributed by atoms with E-state index in [1.54, 1.807) is 13.2 Å². The number of hydrogen-bond acceptors (Lipinski definition) is 3.